The molecule has 0 fully saturated rings. The highest BCUT2D eigenvalue weighted by Crippen LogP contribution is 2.25. The van der Waals surface area contributed by atoms with Crippen molar-refractivity contribution in [2.75, 3.05) is 4.72 Å². The van der Waals surface area contributed by atoms with Gasteiger partial charge in [-0.05, 0) is 37.3 Å². The van der Waals surface area contributed by atoms with Crippen LogP contribution in [0.5, 0.6) is 0 Å². The second-order valence-electron chi connectivity index (χ2n) is 4.31. The molecule has 0 atom stereocenters. The van der Waals surface area contributed by atoms with E-state index in [-0.39, 0.29) is 21.4 Å². The van der Waals surface area contributed by atoms with Crippen LogP contribution in [0, 0.1) is 5.82 Å². The molecule has 0 unspecified atom stereocenters. The van der Waals surface area contributed by atoms with Gasteiger partial charge in [-0.2, -0.15) is 0 Å². The molecule has 110 valence electrons. The first-order valence-corrected chi connectivity index (χ1v) is 7.74. The third-order valence-corrected chi connectivity index (χ3v) is 4.44. The summed E-state index contributed by atoms with van der Waals surface area (Å²) in [6.07, 6.45) is 0. The number of nitrogens with one attached hydrogen (secondary N) is 1. The van der Waals surface area contributed by atoms with Gasteiger partial charge >= 0.3 is 0 Å². The fourth-order valence-corrected chi connectivity index (χ4v) is 2.99. The van der Waals surface area contributed by atoms with Gasteiger partial charge in [0, 0.05) is 5.56 Å². The molecule has 0 amide bonds. The Morgan fingerprint density at radius 1 is 1.14 bits per heavy atom. The van der Waals surface area contributed by atoms with Crippen molar-refractivity contribution in [2.24, 2.45) is 0 Å². The number of hydrogen-bond acceptors (Lipinski definition) is 3. The zero-order valence-corrected chi connectivity index (χ0v) is 12.5. The molecule has 0 aliphatic rings. The monoisotopic (exact) mass is 327 g/mol. The number of sulfonamides is 1. The van der Waals surface area contributed by atoms with E-state index >= 15 is 0 Å². The van der Waals surface area contributed by atoms with Crippen molar-refractivity contribution in [2.45, 2.75) is 11.8 Å². The van der Waals surface area contributed by atoms with E-state index in [1.807, 2.05) is 0 Å². The lowest BCUT2D eigenvalue weighted by Gasteiger charge is -2.10. The molecule has 0 bridgehead atoms. The van der Waals surface area contributed by atoms with Gasteiger partial charge in [-0.25, -0.2) is 12.8 Å². The summed E-state index contributed by atoms with van der Waals surface area (Å²) in [5.41, 5.74) is 0.488. The Morgan fingerprint density at radius 3 is 2.29 bits per heavy atom. The zero-order chi connectivity index (χ0) is 15.6. The summed E-state index contributed by atoms with van der Waals surface area (Å²) in [7, 11) is -3.86. The van der Waals surface area contributed by atoms with Crippen molar-refractivity contribution < 1.29 is 17.6 Å². The van der Waals surface area contributed by atoms with Crippen LogP contribution in [-0.4, -0.2) is 14.2 Å². The van der Waals surface area contributed by atoms with Crippen LogP contribution in [0.25, 0.3) is 0 Å². The number of carbonyl (C=O) groups excluding carboxylic acids is 1. The van der Waals surface area contributed by atoms with Gasteiger partial charge in [0.1, 0.15) is 5.82 Å². The molecule has 0 aliphatic carbocycles. The molecule has 0 saturated heterocycles. The molecule has 0 spiro atoms. The van der Waals surface area contributed by atoms with E-state index < -0.39 is 15.8 Å². The van der Waals surface area contributed by atoms with E-state index in [1.54, 1.807) is 0 Å². The molecule has 0 aromatic heterocycles. The highest BCUT2D eigenvalue weighted by molar-refractivity contribution is 7.92. The Bertz CT molecular complexity index is 788. The van der Waals surface area contributed by atoms with Crippen LogP contribution in [0.1, 0.15) is 17.3 Å². The second-order valence-corrected chi connectivity index (χ2v) is 6.40. The van der Waals surface area contributed by atoms with E-state index in [9.17, 15) is 17.6 Å². The lowest BCUT2D eigenvalue weighted by atomic mass is 10.2. The van der Waals surface area contributed by atoms with Crippen LogP contribution in [0.4, 0.5) is 10.1 Å². The van der Waals surface area contributed by atoms with Gasteiger partial charge in [0.2, 0.25) is 0 Å². The van der Waals surface area contributed by atoms with Crippen LogP contribution in [0.3, 0.4) is 0 Å². The molecule has 2 rings (SSSR count). The molecule has 0 aliphatic heterocycles. The van der Waals surface area contributed by atoms with Gasteiger partial charge in [0.25, 0.3) is 10.0 Å². The number of halogens is 2. The van der Waals surface area contributed by atoms with Gasteiger partial charge in [0.05, 0.1) is 15.6 Å². The quantitative estimate of drug-likeness (QED) is 0.874. The molecule has 0 saturated carbocycles. The van der Waals surface area contributed by atoms with Gasteiger partial charge in [0.15, 0.2) is 5.78 Å². The molecule has 7 heteroatoms. The first kappa shape index (κ1) is 15.5. The predicted octanol–water partition coefficient (Wildman–Crippen LogP) is 3.48. The molecule has 1 N–H and O–H groups in total. The fraction of sp³-hybridized carbons (Fsp3) is 0.0714. The molecular formula is C14H11ClFNO3S. The lowest BCUT2D eigenvalue weighted by Crippen LogP contribution is -2.13. The largest absolute Gasteiger partial charge is 0.295 e. The third kappa shape index (κ3) is 3.59. The van der Waals surface area contributed by atoms with Crippen molar-refractivity contribution >= 4 is 33.1 Å². The molecule has 0 heterocycles. The summed E-state index contributed by atoms with van der Waals surface area (Å²) < 4.78 is 39.5. The van der Waals surface area contributed by atoms with Crippen molar-refractivity contribution in [3.63, 3.8) is 0 Å². The standard InChI is InChI=1S/C14H11ClFNO3S/c1-9(18)10-2-5-12(6-3-10)21(19,20)17-14-7-4-11(16)8-13(14)15/h2-8,17H,1H3. The van der Waals surface area contributed by atoms with Gasteiger partial charge in [-0.1, -0.05) is 23.7 Å². The smallest absolute Gasteiger partial charge is 0.261 e. The van der Waals surface area contributed by atoms with E-state index in [0.29, 0.717) is 5.56 Å². The third-order valence-electron chi connectivity index (χ3n) is 2.75. The Kier molecular flexibility index (Phi) is 4.29. The second kappa shape index (κ2) is 5.83. The summed E-state index contributed by atoms with van der Waals surface area (Å²) in [6, 6.07) is 8.82. The summed E-state index contributed by atoms with van der Waals surface area (Å²) in [5, 5.41) is -0.0427. The number of anilines is 1. The maximum Gasteiger partial charge on any atom is 0.261 e. The highest BCUT2D eigenvalue weighted by Gasteiger charge is 2.16. The first-order valence-electron chi connectivity index (χ1n) is 5.88. The van der Waals surface area contributed by atoms with Gasteiger partial charge < -0.3 is 0 Å². The number of hydrogen-bond donors (Lipinski definition) is 1. The van der Waals surface area contributed by atoms with E-state index in [0.717, 1.165) is 12.1 Å². The highest BCUT2D eigenvalue weighted by atomic mass is 35.5. The summed E-state index contributed by atoms with van der Waals surface area (Å²) in [6.45, 7) is 1.39. The number of ketones is 1. The average molecular weight is 328 g/mol. The minimum atomic E-state index is -3.86. The molecule has 2 aromatic carbocycles. The van der Waals surface area contributed by atoms with E-state index in [1.165, 1.54) is 37.3 Å². The SMILES string of the molecule is CC(=O)c1ccc(S(=O)(=O)Nc2ccc(F)cc2Cl)cc1. The molecule has 2 aromatic rings. The predicted molar refractivity (Wildman–Crippen MR) is 78.7 cm³/mol. The minimum absolute atomic E-state index is 0.0205. The molecular weight excluding hydrogens is 317 g/mol. The Balaban J connectivity index is 2.31. The van der Waals surface area contributed by atoms with Crippen molar-refractivity contribution in [1.29, 1.82) is 0 Å². The Labute approximate surface area is 126 Å². The van der Waals surface area contributed by atoms with Crippen LogP contribution in [-0.2, 0) is 10.0 Å². The molecule has 0 radical (unpaired) electrons. The Hall–Kier alpha value is -1.92. The lowest BCUT2D eigenvalue weighted by molar-refractivity contribution is 0.101. The minimum Gasteiger partial charge on any atom is -0.295 e. The first-order chi connectivity index (χ1) is 9.79. The van der Waals surface area contributed by atoms with Crippen LogP contribution >= 0.6 is 11.6 Å². The van der Waals surface area contributed by atoms with Crippen molar-refractivity contribution in [3.8, 4) is 0 Å². The summed E-state index contributed by atoms with van der Waals surface area (Å²) >= 11 is 5.78. The number of carbonyl (C=O) groups is 1. The van der Waals surface area contributed by atoms with Crippen molar-refractivity contribution in [1.82, 2.24) is 0 Å². The maximum absolute atomic E-state index is 12.9. The number of Topliss-reactive ketones (excluding diaryl/α,β-unsaturated/α-hetero) is 1. The number of rotatable bonds is 4. The number of benzene rings is 2. The van der Waals surface area contributed by atoms with E-state index in [2.05, 4.69) is 4.72 Å². The fourth-order valence-electron chi connectivity index (χ4n) is 1.64. The molecule has 4 nitrogen and oxygen atoms in total. The normalized spacial score (nSPS) is 11.2. The van der Waals surface area contributed by atoms with E-state index in [4.69, 9.17) is 11.6 Å². The summed E-state index contributed by atoms with van der Waals surface area (Å²) in [4.78, 5) is 11.1. The molecule has 21 heavy (non-hydrogen) atoms. The van der Waals surface area contributed by atoms with Gasteiger partial charge in [-0.3, -0.25) is 9.52 Å². The van der Waals surface area contributed by atoms with Gasteiger partial charge in [-0.15, -0.1) is 0 Å². The summed E-state index contributed by atoms with van der Waals surface area (Å²) in [5.74, 6) is -0.720. The van der Waals surface area contributed by atoms with Crippen LogP contribution in [0.2, 0.25) is 5.02 Å². The topological polar surface area (TPSA) is 63.2 Å². The Morgan fingerprint density at radius 2 is 1.76 bits per heavy atom. The van der Waals surface area contributed by atoms with Crippen LogP contribution in [0.15, 0.2) is 47.4 Å². The zero-order valence-electron chi connectivity index (χ0n) is 10.9. The maximum atomic E-state index is 12.9. The average Bonchev–Trinajstić information content (AvgIpc) is 2.42. The van der Waals surface area contributed by atoms with Crippen LogP contribution < -0.4 is 4.72 Å². The van der Waals surface area contributed by atoms with Crippen molar-refractivity contribution in [3.05, 3.63) is 58.9 Å².